The molecule has 0 saturated carbocycles. The highest BCUT2D eigenvalue weighted by atomic mass is 16.1. The van der Waals surface area contributed by atoms with Crippen molar-refractivity contribution in [1.29, 1.82) is 0 Å². The lowest BCUT2D eigenvalue weighted by Gasteiger charge is -2.12. The highest BCUT2D eigenvalue weighted by Gasteiger charge is 2.07. The van der Waals surface area contributed by atoms with E-state index in [4.69, 9.17) is 11.5 Å². The number of nitrogens with two attached hydrogens (primary N) is 2. The highest BCUT2D eigenvalue weighted by molar-refractivity contribution is 5.77. The summed E-state index contributed by atoms with van der Waals surface area (Å²) in [4.78, 5) is 11.1. The summed E-state index contributed by atoms with van der Waals surface area (Å²) in [5.41, 5.74) is 10.9. The van der Waals surface area contributed by atoms with Gasteiger partial charge in [-0.1, -0.05) is 13.8 Å². The summed E-state index contributed by atoms with van der Waals surface area (Å²) in [5.74, 6) is 0.0672. The molecule has 0 fully saturated rings. The smallest absolute Gasteiger partial charge is 0.222 e. The van der Waals surface area contributed by atoms with Crippen LogP contribution in [-0.4, -0.2) is 25.0 Å². The van der Waals surface area contributed by atoms with Gasteiger partial charge in [-0.2, -0.15) is 0 Å². The molecule has 0 aromatic carbocycles. The molecule has 5 N–H and O–H groups in total. The van der Waals surface area contributed by atoms with Crippen LogP contribution in [0.4, 0.5) is 0 Å². The van der Waals surface area contributed by atoms with E-state index < -0.39 is 0 Å². The van der Waals surface area contributed by atoms with Crippen LogP contribution in [0.2, 0.25) is 0 Å². The molecule has 0 unspecified atom stereocenters. The van der Waals surface area contributed by atoms with Crippen molar-refractivity contribution in [3.8, 4) is 0 Å². The third kappa shape index (κ3) is 5.09. The third-order valence-corrected chi connectivity index (χ3v) is 1.60. The second-order valence-electron chi connectivity index (χ2n) is 3.24. The number of carbonyl (C=O) groups excluding carboxylic acids is 1. The Morgan fingerprint density at radius 2 is 2.08 bits per heavy atom. The van der Waals surface area contributed by atoms with Gasteiger partial charge in [0.15, 0.2) is 0 Å². The first-order valence-electron chi connectivity index (χ1n) is 4.31. The molecular weight excluding hydrogens is 154 g/mol. The topological polar surface area (TPSA) is 81.1 Å². The number of nitrogens with one attached hydrogen (secondary N) is 1. The number of carbonyl (C=O) groups is 1. The van der Waals surface area contributed by atoms with Gasteiger partial charge in [-0.05, 0) is 13.0 Å². The van der Waals surface area contributed by atoms with E-state index in [0.29, 0.717) is 13.1 Å². The van der Waals surface area contributed by atoms with Gasteiger partial charge in [-0.15, -0.1) is 0 Å². The Kier molecular flexibility index (Phi) is 5.66. The zero-order chi connectivity index (χ0) is 9.56. The fourth-order valence-electron chi connectivity index (χ4n) is 0.752. The molecule has 0 spiro atoms. The molecule has 0 radical (unpaired) electrons. The summed E-state index contributed by atoms with van der Waals surface area (Å²) in [6, 6.07) is -0.0160. The number of hydrogen-bond acceptors (Lipinski definition) is 3. The average Bonchev–Trinajstić information content (AvgIpc) is 2.00. The molecule has 4 heteroatoms. The van der Waals surface area contributed by atoms with Crippen LogP contribution in [0, 0.1) is 5.92 Å². The second-order valence-corrected chi connectivity index (χ2v) is 3.24. The Bertz CT molecular complexity index is 136. The summed E-state index contributed by atoms with van der Waals surface area (Å²) in [6.07, 6.45) is 0.748. The van der Waals surface area contributed by atoms with E-state index in [1.807, 2.05) is 13.8 Å². The van der Waals surface area contributed by atoms with Gasteiger partial charge >= 0.3 is 0 Å². The van der Waals surface area contributed by atoms with E-state index in [1.165, 1.54) is 0 Å². The fraction of sp³-hybridized carbons (Fsp3) is 0.875. The van der Waals surface area contributed by atoms with Crippen molar-refractivity contribution in [2.75, 3.05) is 13.1 Å². The number of hydrogen-bond donors (Lipinski definition) is 3. The van der Waals surface area contributed by atoms with Gasteiger partial charge in [0.25, 0.3) is 0 Å². The zero-order valence-corrected chi connectivity index (χ0v) is 7.84. The predicted octanol–water partition coefficient (Wildman–Crippen LogP) is -0.565. The number of rotatable bonds is 5. The van der Waals surface area contributed by atoms with Crippen molar-refractivity contribution in [2.24, 2.45) is 17.4 Å². The number of amides is 1. The van der Waals surface area contributed by atoms with Gasteiger partial charge in [-0.25, -0.2) is 0 Å². The van der Waals surface area contributed by atoms with E-state index in [1.54, 1.807) is 0 Å². The molecule has 0 bridgehead atoms. The van der Waals surface area contributed by atoms with E-state index >= 15 is 0 Å². The maximum Gasteiger partial charge on any atom is 0.222 e. The standard InChI is InChI=1S/C8H19N3O/c1-6(2)8(12)11-5-7(10)3-4-9/h6-7H,3-5,9-10H2,1-2H3,(H,11,12)/t7-/m0/s1. The minimum atomic E-state index is -0.0160. The Morgan fingerprint density at radius 3 is 2.50 bits per heavy atom. The van der Waals surface area contributed by atoms with Crippen molar-refractivity contribution in [2.45, 2.75) is 26.3 Å². The summed E-state index contributed by atoms with van der Waals surface area (Å²) in [6.45, 7) is 4.79. The maximum atomic E-state index is 11.1. The van der Waals surface area contributed by atoms with Crippen LogP contribution in [-0.2, 0) is 4.79 Å². The average molecular weight is 173 g/mol. The van der Waals surface area contributed by atoms with Crippen molar-refractivity contribution >= 4 is 5.91 Å². The van der Waals surface area contributed by atoms with Crippen molar-refractivity contribution in [1.82, 2.24) is 5.32 Å². The van der Waals surface area contributed by atoms with Crippen LogP contribution < -0.4 is 16.8 Å². The third-order valence-electron chi connectivity index (χ3n) is 1.60. The van der Waals surface area contributed by atoms with Crippen LogP contribution in [0.25, 0.3) is 0 Å². The minimum absolute atomic E-state index is 0.0160. The van der Waals surface area contributed by atoms with E-state index in [-0.39, 0.29) is 17.9 Å². The quantitative estimate of drug-likeness (QED) is 0.521. The molecule has 0 aromatic rings. The van der Waals surface area contributed by atoms with Crippen molar-refractivity contribution in [3.05, 3.63) is 0 Å². The van der Waals surface area contributed by atoms with Gasteiger partial charge in [0.1, 0.15) is 0 Å². The van der Waals surface area contributed by atoms with Crippen LogP contribution in [0.3, 0.4) is 0 Å². The molecule has 12 heavy (non-hydrogen) atoms. The Balaban J connectivity index is 3.47. The molecule has 0 aliphatic carbocycles. The Labute approximate surface area is 73.7 Å². The molecule has 0 aromatic heterocycles. The Morgan fingerprint density at radius 1 is 1.50 bits per heavy atom. The normalized spacial score (nSPS) is 13.1. The maximum absolute atomic E-state index is 11.1. The molecular formula is C8H19N3O. The second kappa shape index (κ2) is 5.97. The monoisotopic (exact) mass is 173 g/mol. The van der Waals surface area contributed by atoms with Crippen LogP contribution >= 0.6 is 0 Å². The molecule has 72 valence electrons. The lowest BCUT2D eigenvalue weighted by molar-refractivity contribution is -0.124. The molecule has 0 heterocycles. The summed E-state index contributed by atoms with van der Waals surface area (Å²) >= 11 is 0. The Hall–Kier alpha value is -0.610. The lowest BCUT2D eigenvalue weighted by atomic mass is 10.2. The van der Waals surface area contributed by atoms with Gasteiger partial charge in [0.2, 0.25) is 5.91 Å². The molecule has 0 aliphatic rings. The lowest BCUT2D eigenvalue weighted by Crippen LogP contribution is -2.39. The van der Waals surface area contributed by atoms with Gasteiger partial charge in [0, 0.05) is 18.5 Å². The van der Waals surface area contributed by atoms with Gasteiger partial charge < -0.3 is 16.8 Å². The van der Waals surface area contributed by atoms with E-state index in [0.717, 1.165) is 6.42 Å². The van der Waals surface area contributed by atoms with Crippen molar-refractivity contribution < 1.29 is 4.79 Å². The van der Waals surface area contributed by atoms with E-state index in [9.17, 15) is 4.79 Å². The van der Waals surface area contributed by atoms with Gasteiger partial charge in [-0.3, -0.25) is 4.79 Å². The fourth-order valence-corrected chi connectivity index (χ4v) is 0.752. The first-order valence-corrected chi connectivity index (χ1v) is 4.31. The highest BCUT2D eigenvalue weighted by Crippen LogP contribution is 1.91. The first-order chi connectivity index (χ1) is 5.57. The zero-order valence-electron chi connectivity index (χ0n) is 7.84. The molecule has 4 nitrogen and oxygen atoms in total. The molecule has 0 aliphatic heterocycles. The minimum Gasteiger partial charge on any atom is -0.354 e. The predicted molar refractivity (Wildman–Crippen MR) is 49.5 cm³/mol. The largest absolute Gasteiger partial charge is 0.354 e. The molecule has 0 rings (SSSR count). The first kappa shape index (κ1) is 11.4. The molecule has 1 amide bonds. The van der Waals surface area contributed by atoms with Crippen LogP contribution in [0.5, 0.6) is 0 Å². The van der Waals surface area contributed by atoms with Gasteiger partial charge in [0.05, 0.1) is 0 Å². The summed E-state index contributed by atoms with van der Waals surface area (Å²) in [5, 5.41) is 2.75. The van der Waals surface area contributed by atoms with Crippen LogP contribution in [0.1, 0.15) is 20.3 Å². The summed E-state index contributed by atoms with van der Waals surface area (Å²) < 4.78 is 0. The summed E-state index contributed by atoms with van der Waals surface area (Å²) in [7, 11) is 0. The molecule has 0 saturated heterocycles. The SMILES string of the molecule is CC(C)C(=O)NC[C@@H](N)CCN. The van der Waals surface area contributed by atoms with E-state index in [2.05, 4.69) is 5.32 Å². The molecule has 1 atom stereocenters. The van der Waals surface area contributed by atoms with Crippen LogP contribution in [0.15, 0.2) is 0 Å². The van der Waals surface area contributed by atoms with Crippen molar-refractivity contribution in [3.63, 3.8) is 0 Å².